The molecule has 1 saturated heterocycles. The van der Waals surface area contributed by atoms with Gasteiger partial charge in [-0.05, 0) is 25.5 Å². The van der Waals surface area contributed by atoms with Gasteiger partial charge in [-0.2, -0.15) is 0 Å². The Bertz CT molecular complexity index is 737. The fourth-order valence-corrected chi connectivity index (χ4v) is 3.35. The largest absolute Gasteiger partial charge is 0.496 e. The monoisotopic (exact) mass is 331 g/mol. The lowest BCUT2D eigenvalue weighted by Gasteiger charge is -2.33. The zero-order valence-corrected chi connectivity index (χ0v) is 13.6. The fourth-order valence-electron chi connectivity index (χ4n) is 3.35. The number of aliphatic hydroxyl groups is 1. The van der Waals surface area contributed by atoms with Crippen LogP contribution in [-0.4, -0.2) is 47.3 Å². The molecule has 2 aromatic rings. The molecule has 1 aromatic carbocycles. The van der Waals surface area contributed by atoms with Gasteiger partial charge in [0.2, 0.25) is 6.79 Å². The van der Waals surface area contributed by atoms with E-state index < -0.39 is 5.60 Å². The number of hydrogen-bond donors (Lipinski definition) is 2. The molecule has 0 spiro atoms. The number of β-amino-alcohol motifs (C(OH)–C–C–N with tert-alkyl or cyclic N) is 1. The van der Waals surface area contributed by atoms with Gasteiger partial charge in [-0.1, -0.05) is 0 Å². The first-order valence-corrected chi connectivity index (χ1v) is 8.11. The number of ether oxygens (including phenoxy) is 3. The number of imidazole rings is 1. The normalized spacial score (nSPS) is 22.6. The zero-order chi connectivity index (χ0) is 16.6. The Balaban J connectivity index is 1.70. The third-order valence-corrected chi connectivity index (χ3v) is 4.57. The number of nitrogens with zero attached hydrogens (tertiary/aromatic N) is 2. The van der Waals surface area contributed by atoms with Gasteiger partial charge in [0.05, 0.1) is 24.8 Å². The van der Waals surface area contributed by atoms with Gasteiger partial charge in [0.1, 0.15) is 11.6 Å². The molecule has 1 atom stereocenters. The van der Waals surface area contributed by atoms with E-state index in [0.717, 1.165) is 30.8 Å². The van der Waals surface area contributed by atoms with E-state index in [0.29, 0.717) is 30.3 Å². The smallest absolute Gasteiger partial charge is 0.231 e. The Morgan fingerprint density at radius 2 is 2.21 bits per heavy atom. The van der Waals surface area contributed by atoms with Crippen LogP contribution in [0.3, 0.4) is 0 Å². The molecule has 2 aliphatic heterocycles. The Kier molecular flexibility index (Phi) is 3.82. The second-order valence-electron chi connectivity index (χ2n) is 6.29. The lowest BCUT2D eigenvalue weighted by molar-refractivity contribution is 0.00105. The molecule has 0 amide bonds. The summed E-state index contributed by atoms with van der Waals surface area (Å²) in [6.45, 7) is 2.23. The molecule has 2 aliphatic rings. The van der Waals surface area contributed by atoms with Crippen molar-refractivity contribution >= 4 is 0 Å². The molecular weight excluding hydrogens is 310 g/mol. The number of hydrogen-bond acceptors (Lipinski definition) is 6. The SMILES string of the molecule is COc1cc2c(cc1-c1nccn1CC1(O)CCCNC1)OCO2. The third kappa shape index (κ3) is 2.70. The van der Waals surface area contributed by atoms with Gasteiger partial charge in [-0.3, -0.25) is 0 Å². The molecule has 0 bridgehead atoms. The van der Waals surface area contributed by atoms with Crippen molar-refractivity contribution in [1.29, 1.82) is 0 Å². The number of rotatable bonds is 4. The molecular formula is C17H21N3O4. The number of aromatic nitrogens is 2. The van der Waals surface area contributed by atoms with Crippen molar-refractivity contribution in [1.82, 2.24) is 14.9 Å². The lowest BCUT2D eigenvalue weighted by atomic mass is 9.94. The van der Waals surface area contributed by atoms with Gasteiger partial charge in [-0.25, -0.2) is 4.98 Å². The standard InChI is InChI=1S/C17H21N3O4/c1-22-13-8-15-14(23-11-24-15)7-12(13)16-19-5-6-20(16)10-17(21)3-2-4-18-9-17/h5-8,18,21H,2-4,9-11H2,1H3. The van der Waals surface area contributed by atoms with Crippen LogP contribution < -0.4 is 19.5 Å². The van der Waals surface area contributed by atoms with Crippen LogP contribution >= 0.6 is 0 Å². The summed E-state index contributed by atoms with van der Waals surface area (Å²) in [5, 5.41) is 14.1. The minimum absolute atomic E-state index is 0.210. The Morgan fingerprint density at radius 3 is 2.96 bits per heavy atom. The van der Waals surface area contributed by atoms with Crippen LogP contribution in [0.15, 0.2) is 24.5 Å². The lowest BCUT2D eigenvalue weighted by Crippen LogP contribution is -2.48. The molecule has 1 aromatic heterocycles. The van der Waals surface area contributed by atoms with E-state index >= 15 is 0 Å². The van der Waals surface area contributed by atoms with E-state index in [4.69, 9.17) is 14.2 Å². The maximum absolute atomic E-state index is 10.8. The van der Waals surface area contributed by atoms with E-state index in [-0.39, 0.29) is 6.79 Å². The first-order chi connectivity index (χ1) is 11.7. The molecule has 3 heterocycles. The quantitative estimate of drug-likeness (QED) is 0.882. The summed E-state index contributed by atoms with van der Waals surface area (Å²) in [6, 6.07) is 3.69. The minimum atomic E-state index is -0.767. The molecule has 1 unspecified atom stereocenters. The predicted molar refractivity (Wildman–Crippen MR) is 87.4 cm³/mol. The zero-order valence-electron chi connectivity index (χ0n) is 13.6. The van der Waals surface area contributed by atoms with Gasteiger partial charge >= 0.3 is 0 Å². The highest BCUT2D eigenvalue weighted by atomic mass is 16.7. The number of nitrogens with one attached hydrogen (secondary N) is 1. The van der Waals surface area contributed by atoms with E-state index in [9.17, 15) is 5.11 Å². The Labute approximate surface area is 140 Å². The van der Waals surface area contributed by atoms with E-state index in [1.165, 1.54) is 0 Å². The summed E-state index contributed by atoms with van der Waals surface area (Å²) in [5.74, 6) is 2.76. The summed E-state index contributed by atoms with van der Waals surface area (Å²) in [6.07, 6.45) is 5.36. The molecule has 7 nitrogen and oxygen atoms in total. The molecule has 7 heteroatoms. The first kappa shape index (κ1) is 15.3. The van der Waals surface area contributed by atoms with Crippen LogP contribution in [0.1, 0.15) is 12.8 Å². The Morgan fingerprint density at radius 1 is 1.38 bits per heavy atom. The summed E-state index contributed by atoms with van der Waals surface area (Å²) < 4.78 is 18.3. The van der Waals surface area contributed by atoms with Crippen molar-refractivity contribution < 1.29 is 19.3 Å². The van der Waals surface area contributed by atoms with Gasteiger partial charge in [0, 0.05) is 25.0 Å². The highest BCUT2D eigenvalue weighted by molar-refractivity contribution is 5.70. The van der Waals surface area contributed by atoms with Crippen LogP contribution in [0.25, 0.3) is 11.4 Å². The van der Waals surface area contributed by atoms with Crippen LogP contribution in [0.5, 0.6) is 17.2 Å². The summed E-state index contributed by atoms with van der Waals surface area (Å²) in [7, 11) is 1.62. The van der Waals surface area contributed by atoms with Crippen molar-refractivity contribution in [3.8, 4) is 28.6 Å². The van der Waals surface area contributed by atoms with Gasteiger partial charge < -0.3 is 29.2 Å². The predicted octanol–water partition coefficient (Wildman–Crippen LogP) is 1.40. The van der Waals surface area contributed by atoms with Crippen molar-refractivity contribution in [3.05, 3.63) is 24.5 Å². The average Bonchev–Trinajstić information content (AvgIpc) is 3.22. The minimum Gasteiger partial charge on any atom is -0.496 e. The second kappa shape index (κ2) is 5.99. The third-order valence-electron chi connectivity index (χ3n) is 4.57. The molecule has 1 fully saturated rings. The average molecular weight is 331 g/mol. The number of piperidine rings is 1. The van der Waals surface area contributed by atoms with Crippen LogP contribution in [-0.2, 0) is 6.54 Å². The maximum atomic E-state index is 10.8. The first-order valence-electron chi connectivity index (χ1n) is 8.11. The maximum Gasteiger partial charge on any atom is 0.231 e. The summed E-state index contributed by atoms with van der Waals surface area (Å²) in [5.41, 5.74) is 0.0520. The molecule has 0 saturated carbocycles. The van der Waals surface area contributed by atoms with Crippen molar-refractivity contribution in [3.63, 3.8) is 0 Å². The molecule has 4 rings (SSSR count). The van der Waals surface area contributed by atoms with Gasteiger partial charge in [-0.15, -0.1) is 0 Å². The second-order valence-corrected chi connectivity index (χ2v) is 6.29. The molecule has 128 valence electrons. The van der Waals surface area contributed by atoms with E-state index in [2.05, 4.69) is 10.3 Å². The Hall–Kier alpha value is -2.25. The van der Waals surface area contributed by atoms with Crippen LogP contribution in [0.4, 0.5) is 0 Å². The summed E-state index contributed by atoms with van der Waals surface area (Å²) in [4.78, 5) is 4.47. The molecule has 24 heavy (non-hydrogen) atoms. The fraction of sp³-hybridized carbons (Fsp3) is 0.471. The number of benzene rings is 1. The van der Waals surface area contributed by atoms with Crippen molar-refractivity contribution in [2.45, 2.75) is 25.0 Å². The molecule has 0 aliphatic carbocycles. The topological polar surface area (TPSA) is 77.8 Å². The molecule has 0 radical (unpaired) electrons. The summed E-state index contributed by atoms with van der Waals surface area (Å²) >= 11 is 0. The van der Waals surface area contributed by atoms with E-state index in [1.54, 1.807) is 13.3 Å². The molecule has 2 N–H and O–H groups in total. The van der Waals surface area contributed by atoms with Crippen molar-refractivity contribution in [2.24, 2.45) is 0 Å². The number of methoxy groups -OCH3 is 1. The highest BCUT2D eigenvalue weighted by Gasteiger charge is 2.31. The van der Waals surface area contributed by atoms with Crippen LogP contribution in [0.2, 0.25) is 0 Å². The van der Waals surface area contributed by atoms with Crippen LogP contribution in [0, 0.1) is 0 Å². The van der Waals surface area contributed by atoms with Gasteiger partial charge in [0.15, 0.2) is 11.5 Å². The highest BCUT2D eigenvalue weighted by Crippen LogP contribution is 2.42. The number of fused-ring (bicyclic) bond motifs is 1. The van der Waals surface area contributed by atoms with Gasteiger partial charge in [0.25, 0.3) is 0 Å². The van der Waals surface area contributed by atoms with Crippen molar-refractivity contribution in [2.75, 3.05) is 27.0 Å². The van der Waals surface area contributed by atoms with E-state index in [1.807, 2.05) is 22.9 Å².